The number of amidine groups is 1. The van der Waals surface area contributed by atoms with Crippen molar-refractivity contribution >= 4 is 35.1 Å². The van der Waals surface area contributed by atoms with Crippen molar-refractivity contribution in [2.45, 2.75) is 6.92 Å². The number of anilines is 1. The SMILES string of the molecule is CCOc1ccc(/C=C2/N=C(c3ccccc3F)N(c3ccc(Cl)cc3)C2=O)cc1. The van der Waals surface area contributed by atoms with E-state index in [1.807, 2.05) is 31.2 Å². The summed E-state index contributed by atoms with van der Waals surface area (Å²) in [6.45, 7) is 2.49. The van der Waals surface area contributed by atoms with Crippen molar-refractivity contribution in [1.29, 1.82) is 0 Å². The van der Waals surface area contributed by atoms with Crippen LogP contribution in [0.2, 0.25) is 5.02 Å². The molecule has 0 unspecified atom stereocenters. The van der Waals surface area contributed by atoms with E-state index in [1.165, 1.54) is 11.0 Å². The average molecular weight is 421 g/mol. The van der Waals surface area contributed by atoms with Gasteiger partial charge in [0.25, 0.3) is 5.91 Å². The second-order valence-electron chi connectivity index (χ2n) is 6.56. The Morgan fingerprint density at radius 3 is 2.40 bits per heavy atom. The number of carbonyl (C=O) groups is 1. The number of hydrogen-bond donors (Lipinski definition) is 0. The van der Waals surface area contributed by atoms with Gasteiger partial charge in [0.1, 0.15) is 17.3 Å². The highest BCUT2D eigenvalue weighted by atomic mass is 35.5. The molecule has 4 rings (SSSR count). The van der Waals surface area contributed by atoms with Gasteiger partial charge in [-0.25, -0.2) is 9.38 Å². The summed E-state index contributed by atoms with van der Waals surface area (Å²) in [7, 11) is 0. The van der Waals surface area contributed by atoms with Gasteiger partial charge in [-0.2, -0.15) is 0 Å². The van der Waals surface area contributed by atoms with E-state index in [1.54, 1.807) is 48.5 Å². The maximum atomic E-state index is 14.5. The van der Waals surface area contributed by atoms with Crippen molar-refractivity contribution in [1.82, 2.24) is 0 Å². The van der Waals surface area contributed by atoms with Crippen LogP contribution in [0.15, 0.2) is 83.5 Å². The Hall–Kier alpha value is -3.44. The number of ether oxygens (including phenoxy) is 1. The molecule has 3 aromatic carbocycles. The Bertz CT molecular complexity index is 1140. The molecule has 1 heterocycles. The number of halogens is 2. The third kappa shape index (κ3) is 3.98. The van der Waals surface area contributed by atoms with Crippen LogP contribution in [0.25, 0.3) is 6.08 Å². The zero-order chi connectivity index (χ0) is 21.1. The normalized spacial score (nSPS) is 14.9. The summed E-state index contributed by atoms with van der Waals surface area (Å²) in [5, 5.41) is 0.542. The van der Waals surface area contributed by atoms with Crippen LogP contribution in [0, 0.1) is 5.82 Å². The molecule has 0 radical (unpaired) electrons. The Kier molecular flexibility index (Phi) is 5.63. The quantitative estimate of drug-likeness (QED) is 0.496. The van der Waals surface area contributed by atoms with Crippen molar-refractivity contribution < 1.29 is 13.9 Å². The lowest BCUT2D eigenvalue weighted by Gasteiger charge is -2.19. The molecule has 1 aliphatic heterocycles. The monoisotopic (exact) mass is 420 g/mol. The Morgan fingerprint density at radius 1 is 1.03 bits per heavy atom. The molecule has 0 aliphatic carbocycles. The number of hydrogen-bond acceptors (Lipinski definition) is 3. The first kappa shape index (κ1) is 19.9. The summed E-state index contributed by atoms with van der Waals surface area (Å²) in [5.41, 5.74) is 1.81. The van der Waals surface area contributed by atoms with E-state index in [4.69, 9.17) is 16.3 Å². The van der Waals surface area contributed by atoms with Crippen molar-refractivity contribution in [3.63, 3.8) is 0 Å². The number of rotatable bonds is 5. The van der Waals surface area contributed by atoms with Crippen LogP contribution in [-0.4, -0.2) is 18.3 Å². The summed E-state index contributed by atoms with van der Waals surface area (Å²) >= 11 is 5.99. The fourth-order valence-electron chi connectivity index (χ4n) is 3.15. The molecule has 30 heavy (non-hydrogen) atoms. The molecule has 1 aliphatic rings. The van der Waals surface area contributed by atoms with Crippen LogP contribution >= 0.6 is 11.6 Å². The summed E-state index contributed by atoms with van der Waals surface area (Å²) in [6.07, 6.45) is 1.68. The third-order valence-electron chi connectivity index (χ3n) is 4.55. The zero-order valence-electron chi connectivity index (χ0n) is 16.2. The molecule has 150 valence electrons. The van der Waals surface area contributed by atoms with Gasteiger partial charge in [-0.15, -0.1) is 0 Å². The fourth-order valence-corrected chi connectivity index (χ4v) is 3.28. The minimum Gasteiger partial charge on any atom is -0.494 e. The summed E-state index contributed by atoms with van der Waals surface area (Å²) in [4.78, 5) is 19.1. The van der Waals surface area contributed by atoms with Gasteiger partial charge in [-0.3, -0.25) is 9.69 Å². The Balaban J connectivity index is 1.77. The highest BCUT2D eigenvalue weighted by Crippen LogP contribution is 2.29. The van der Waals surface area contributed by atoms with Crippen molar-refractivity contribution in [3.8, 4) is 5.75 Å². The molecule has 0 spiro atoms. The number of nitrogens with zero attached hydrogens (tertiary/aromatic N) is 2. The molecule has 4 nitrogen and oxygen atoms in total. The second kappa shape index (κ2) is 8.51. The van der Waals surface area contributed by atoms with Gasteiger partial charge in [0.2, 0.25) is 0 Å². The average Bonchev–Trinajstić information content (AvgIpc) is 3.06. The standard InChI is InChI=1S/C24H18ClFN2O2/c1-2-30-19-13-7-16(8-14-19)15-22-24(29)28(18-11-9-17(25)10-12-18)23(27-22)20-5-3-4-6-21(20)26/h3-15H,2H2,1H3/b22-15+. The van der Waals surface area contributed by atoms with Crippen molar-refractivity contribution in [3.05, 3.63) is 100 Å². The molecule has 0 saturated heterocycles. The molecular weight excluding hydrogens is 403 g/mol. The first-order valence-electron chi connectivity index (χ1n) is 9.45. The molecule has 0 saturated carbocycles. The first-order valence-corrected chi connectivity index (χ1v) is 9.83. The zero-order valence-corrected chi connectivity index (χ0v) is 16.9. The molecular formula is C24H18ClFN2O2. The lowest BCUT2D eigenvalue weighted by atomic mass is 10.1. The largest absolute Gasteiger partial charge is 0.494 e. The molecule has 0 bridgehead atoms. The van der Waals surface area contributed by atoms with Crippen molar-refractivity contribution in [2.24, 2.45) is 4.99 Å². The molecule has 0 atom stereocenters. The van der Waals surface area contributed by atoms with E-state index < -0.39 is 5.82 Å². The minimum atomic E-state index is -0.453. The van der Waals surface area contributed by atoms with Gasteiger partial charge in [0.15, 0.2) is 5.84 Å². The van der Waals surface area contributed by atoms with Gasteiger partial charge in [-0.05, 0) is 67.1 Å². The van der Waals surface area contributed by atoms with Crippen LogP contribution in [0.1, 0.15) is 18.1 Å². The van der Waals surface area contributed by atoms with Gasteiger partial charge in [0.05, 0.1) is 17.9 Å². The van der Waals surface area contributed by atoms with E-state index in [9.17, 15) is 9.18 Å². The van der Waals surface area contributed by atoms with Gasteiger partial charge >= 0.3 is 0 Å². The van der Waals surface area contributed by atoms with E-state index in [-0.39, 0.29) is 23.0 Å². The Labute approximate surface area is 178 Å². The summed E-state index contributed by atoms with van der Waals surface area (Å²) in [5.74, 6) is 0.183. The van der Waals surface area contributed by atoms with Gasteiger partial charge in [0, 0.05) is 5.02 Å². The number of amides is 1. The molecule has 0 fully saturated rings. The van der Waals surface area contributed by atoms with Crippen molar-refractivity contribution in [2.75, 3.05) is 11.5 Å². The summed E-state index contributed by atoms with van der Waals surface area (Å²) < 4.78 is 20.0. The lowest BCUT2D eigenvalue weighted by Crippen LogP contribution is -2.33. The van der Waals surface area contributed by atoms with Crippen LogP contribution in [-0.2, 0) is 4.79 Å². The second-order valence-corrected chi connectivity index (χ2v) is 7.00. The Morgan fingerprint density at radius 2 is 1.73 bits per heavy atom. The third-order valence-corrected chi connectivity index (χ3v) is 4.81. The smallest absolute Gasteiger partial charge is 0.282 e. The molecule has 1 amide bonds. The fraction of sp³-hybridized carbons (Fsp3) is 0.0833. The number of carbonyl (C=O) groups excluding carboxylic acids is 1. The maximum absolute atomic E-state index is 14.5. The van der Waals surface area contributed by atoms with E-state index in [0.29, 0.717) is 17.3 Å². The van der Waals surface area contributed by atoms with Crippen LogP contribution in [0.5, 0.6) is 5.75 Å². The highest BCUT2D eigenvalue weighted by Gasteiger charge is 2.33. The van der Waals surface area contributed by atoms with Gasteiger partial charge < -0.3 is 4.74 Å². The molecule has 3 aromatic rings. The predicted octanol–water partition coefficient (Wildman–Crippen LogP) is 5.71. The summed E-state index contributed by atoms with van der Waals surface area (Å²) in [6, 6.07) is 20.4. The first-order chi connectivity index (χ1) is 14.6. The van der Waals surface area contributed by atoms with Crippen LogP contribution < -0.4 is 9.64 Å². The van der Waals surface area contributed by atoms with Gasteiger partial charge in [-0.1, -0.05) is 35.9 Å². The van der Waals surface area contributed by atoms with E-state index in [0.717, 1.165) is 11.3 Å². The topological polar surface area (TPSA) is 41.9 Å². The van der Waals surface area contributed by atoms with E-state index in [2.05, 4.69) is 4.99 Å². The predicted molar refractivity (Wildman–Crippen MR) is 117 cm³/mol. The highest BCUT2D eigenvalue weighted by molar-refractivity contribution is 6.34. The number of benzene rings is 3. The van der Waals surface area contributed by atoms with Crippen LogP contribution in [0.4, 0.5) is 10.1 Å². The van der Waals surface area contributed by atoms with Crippen LogP contribution in [0.3, 0.4) is 0 Å². The molecule has 0 aromatic heterocycles. The molecule has 6 heteroatoms. The lowest BCUT2D eigenvalue weighted by molar-refractivity contribution is -0.113. The molecule has 0 N–H and O–H groups in total. The van der Waals surface area contributed by atoms with E-state index >= 15 is 0 Å². The maximum Gasteiger partial charge on any atom is 0.282 e. The number of aliphatic imine (C=N–C) groups is 1. The minimum absolute atomic E-state index is 0.215.